The van der Waals surface area contributed by atoms with Crippen molar-refractivity contribution in [2.45, 2.75) is 45.8 Å². The van der Waals surface area contributed by atoms with Crippen LogP contribution in [0.4, 0.5) is 0 Å². The molecule has 1 aliphatic heterocycles. The van der Waals surface area contributed by atoms with Gasteiger partial charge in [0.25, 0.3) is 0 Å². The topological polar surface area (TPSA) is 93.0 Å². The first-order valence-corrected chi connectivity index (χ1v) is 8.36. The van der Waals surface area contributed by atoms with Crippen LogP contribution in [-0.2, 0) is 22.7 Å². The van der Waals surface area contributed by atoms with E-state index >= 15 is 0 Å². The summed E-state index contributed by atoms with van der Waals surface area (Å²) < 4.78 is 1.66. The molecule has 0 bridgehead atoms. The number of hydrogen-bond donors (Lipinski definition) is 1. The van der Waals surface area contributed by atoms with Crippen molar-refractivity contribution in [3.05, 3.63) is 41.7 Å². The Hall–Kier alpha value is -2.77. The average Bonchev–Trinajstić information content (AvgIpc) is 3.22. The lowest BCUT2D eigenvalue weighted by molar-refractivity contribution is -0.133. The molecule has 0 saturated carbocycles. The number of aromatic nitrogens is 4. The van der Waals surface area contributed by atoms with Crippen LogP contribution >= 0.6 is 0 Å². The third-order valence-electron chi connectivity index (χ3n) is 4.20. The van der Waals surface area contributed by atoms with Crippen molar-refractivity contribution in [1.82, 2.24) is 30.0 Å². The van der Waals surface area contributed by atoms with Crippen molar-refractivity contribution in [3.63, 3.8) is 0 Å². The Bertz CT molecular complexity index is 772. The van der Waals surface area contributed by atoms with Gasteiger partial charge < -0.3 is 10.2 Å². The second-order valence-electron chi connectivity index (χ2n) is 6.31. The van der Waals surface area contributed by atoms with E-state index in [1.54, 1.807) is 23.3 Å². The molecule has 0 spiro atoms. The van der Waals surface area contributed by atoms with Gasteiger partial charge in [0.15, 0.2) is 0 Å². The van der Waals surface area contributed by atoms with Gasteiger partial charge in [0.1, 0.15) is 6.54 Å². The van der Waals surface area contributed by atoms with E-state index < -0.39 is 0 Å². The highest BCUT2D eigenvalue weighted by molar-refractivity contribution is 5.76. The number of carbonyl (C=O) groups excluding carboxylic acids is 2. The van der Waals surface area contributed by atoms with E-state index in [-0.39, 0.29) is 24.4 Å². The summed E-state index contributed by atoms with van der Waals surface area (Å²) in [5.74, 6) is -0.0842. The zero-order valence-electron chi connectivity index (χ0n) is 14.5. The highest BCUT2D eigenvalue weighted by Gasteiger charge is 2.31. The maximum atomic E-state index is 12.7. The first-order chi connectivity index (χ1) is 12.0. The maximum absolute atomic E-state index is 12.7. The highest BCUT2D eigenvalue weighted by Crippen LogP contribution is 2.30. The van der Waals surface area contributed by atoms with Crippen LogP contribution in [0.3, 0.4) is 0 Å². The Morgan fingerprint density at radius 2 is 2.16 bits per heavy atom. The molecule has 1 saturated heterocycles. The molecule has 0 aliphatic carbocycles. The van der Waals surface area contributed by atoms with Crippen LogP contribution < -0.4 is 5.32 Å². The Morgan fingerprint density at radius 1 is 1.32 bits per heavy atom. The molecule has 2 amide bonds. The molecule has 8 heteroatoms. The van der Waals surface area contributed by atoms with Crippen LogP contribution in [0.2, 0.25) is 0 Å². The maximum Gasteiger partial charge on any atom is 0.244 e. The van der Waals surface area contributed by atoms with Crippen LogP contribution in [0.1, 0.15) is 42.8 Å². The first-order valence-electron chi connectivity index (χ1n) is 8.36. The fourth-order valence-corrected chi connectivity index (χ4v) is 3.04. The third kappa shape index (κ3) is 4.20. The largest absolute Gasteiger partial charge is 0.351 e. The molecule has 3 rings (SSSR count). The second kappa shape index (κ2) is 7.42. The zero-order chi connectivity index (χ0) is 17.8. The van der Waals surface area contributed by atoms with Gasteiger partial charge in [-0.1, -0.05) is 0 Å². The van der Waals surface area contributed by atoms with Crippen LogP contribution in [0.5, 0.6) is 0 Å². The van der Waals surface area contributed by atoms with Gasteiger partial charge >= 0.3 is 0 Å². The van der Waals surface area contributed by atoms with Gasteiger partial charge in [0.05, 0.1) is 42.6 Å². The summed E-state index contributed by atoms with van der Waals surface area (Å²) in [6.07, 6.45) is 8.73. The van der Waals surface area contributed by atoms with Crippen LogP contribution in [0, 0.1) is 6.92 Å². The van der Waals surface area contributed by atoms with Crippen molar-refractivity contribution in [2.24, 2.45) is 0 Å². The molecule has 2 aromatic rings. The Kier molecular flexibility index (Phi) is 5.06. The molecule has 2 aromatic heterocycles. The first kappa shape index (κ1) is 17.1. The molecule has 1 aliphatic rings. The molecule has 0 radical (unpaired) electrons. The van der Waals surface area contributed by atoms with Gasteiger partial charge in [-0.05, 0) is 25.3 Å². The number of nitrogens with one attached hydrogen (secondary N) is 1. The molecular formula is C17H22N6O2. The summed E-state index contributed by atoms with van der Waals surface area (Å²) in [6, 6.07) is -0.0751. The number of carbonyl (C=O) groups is 2. The molecule has 0 aromatic carbocycles. The molecule has 1 N–H and O–H groups in total. The molecule has 132 valence electrons. The van der Waals surface area contributed by atoms with Gasteiger partial charge in [-0.15, -0.1) is 0 Å². The van der Waals surface area contributed by atoms with Crippen LogP contribution in [-0.4, -0.2) is 43.0 Å². The summed E-state index contributed by atoms with van der Waals surface area (Å²) in [7, 11) is 0. The number of rotatable bonds is 5. The number of amides is 2. The number of nitrogens with zero attached hydrogens (tertiary/aromatic N) is 5. The molecule has 8 nitrogen and oxygen atoms in total. The van der Waals surface area contributed by atoms with Crippen molar-refractivity contribution >= 4 is 11.8 Å². The van der Waals surface area contributed by atoms with Gasteiger partial charge in [-0.25, -0.2) is 0 Å². The standard InChI is InChI=1S/C17H22N6O2/c1-12-6-20-22(10-12)11-17(25)23-5-3-4-16(23)15-9-18-7-14(21-15)8-19-13(2)24/h6-7,9-10,16H,3-5,8,11H2,1-2H3,(H,19,24)/t16-/m0/s1. The Morgan fingerprint density at radius 3 is 2.88 bits per heavy atom. The van der Waals surface area contributed by atoms with E-state index in [2.05, 4.69) is 20.4 Å². The SMILES string of the molecule is CC(=O)NCc1cncc([C@@H]2CCCN2C(=O)Cn2cc(C)cn2)n1. The van der Waals surface area contributed by atoms with E-state index in [9.17, 15) is 9.59 Å². The molecule has 1 fully saturated rings. The van der Waals surface area contributed by atoms with Crippen molar-refractivity contribution < 1.29 is 9.59 Å². The van der Waals surface area contributed by atoms with Crippen molar-refractivity contribution in [1.29, 1.82) is 0 Å². The summed E-state index contributed by atoms with van der Waals surface area (Å²) >= 11 is 0. The quantitative estimate of drug-likeness (QED) is 0.874. The predicted octanol–water partition coefficient (Wildman–Crippen LogP) is 0.981. The van der Waals surface area contributed by atoms with E-state index in [4.69, 9.17) is 0 Å². The zero-order valence-corrected chi connectivity index (χ0v) is 14.5. The lowest BCUT2D eigenvalue weighted by Crippen LogP contribution is -2.34. The predicted molar refractivity (Wildman–Crippen MR) is 90.2 cm³/mol. The fourth-order valence-electron chi connectivity index (χ4n) is 3.04. The van der Waals surface area contributed by atoms with Gasteiger partial charge in [0, 0.05) is 19.7 Å². The van der Waals surface area contributed by atoms with Crippen LogP contribution in [0.15, 0.2) is 24.8 Å². The summed E-state index contributed by atoms with van der Waals surface area (Å²) in [4.78, 5) is 34.4. The Labute approximate surface area is 146 Å². The summed E-state index contributed by atoms with van der Waals surface area (Å²) in [5, 5.41) is 6.90. The smallest absolute Gasteiger partial charge is 0.244 e. The number of aryl methyl sites for hydroxylation is 1. The van der Waals surface area contributed by atoms with Crippen LogP contribution in [0.25, 0.3) is 0 Å². The average molecular weight is 342 g/mol. The summed E-state index contributed by atoms with van der Waals surface area (Å²) in [6.45, 7) is 4.68. The monoisotopic (exact) mass is 342 g/mol. The minimum atomic E-state index is -0.112. The lowest BCUT2D eigenvalue weighted by atomic mass is 10.1. The molecule has 25 heavy (non-hydrogen) atoms. The number of hydrogen-bond acceptors (Lipinski definition) is 5. The van der Waals surface area contributed by atoms with E-state index in [0.29, 0.717) is 18.8 Å². The van der Waals surface area contributed by atoms with Crippen molar-refractivity contribution in [2.75, 3.05) is 6.54 Å². The molecule has 3 heterocycles. The Balaban J connectivity index is 1.71. The van der Waals surface area contributed by atoms with E-state index in [1.807, 2.05) is 18.0 Å². The highest BCUT2D eigenvalue weighted by atomic mass is 16.2. The minimum absolute atomic E-state index is 0.0275. The van der Waals surface area contributed by atoms with Crippen molar-refractivity contribution in [3.8, 4) is 0 Å². The summed E-state index contributed by atoms with van der Waals surface area (Å²) in [5.41, 5.74) is 2.49. The fraction of sp³-hybridized carbons (Fsp3) is 0.471. The van der Waals surface area contributed by atoms with E-state index in [1.165, 1.54) is 6.92 Å². The molecule has 0 unspecified atom stereocenters. The van der Waals surface area contributed by atoms with Gasteiger partial charge in [0.2, 0.25) is 11.8 Å². The van der Waals surface area contributed by atoms with Gasteiger partial charge in [-0.3, -0.25) is 24.2 Å². The normalized spacial score (nSPS) is 16.9. The van der Waals surface area contributed by atoms with Gasteiger partial charge in [-0.2, -0.15) is 5.10 Å². The number of likely N-dealkylation sites (tertiary alicyclic amines) is 1. The lowest BCUT2D eigenvalue weighted by Gasteiger charge is -2.24. The molecule has 1 atom stereocenters. The second-order valence-corrected chi connectivity index (χ2v) is 6.31. The van der Waals surface area contributed by atoms with E-state index in [0.717, 1.165) is 24.1 Å². The minimum Gasteiger partial charge on any atom is -0.351 e. The third-order valence-corrected chi connectivity index (χ3v) is 4.20. The molecular weight excluding hydrogens is 320 g/mol.